The molecule has 0 radical (unpaired) electrons. The van der Waals surface area contributed by atoms with E-state index in [1.807, 2.05) is 13.8 Å². The predicted octanol–water partition coefficient (Wildman–Crippen LogP) is 3.74. The van der Waals surface area contributed by atoms with E-state index in [0.717, 1.165) is 0 Å². The van der Waals surface area contributed by atoms with E-state index in [1.165, 1.54) is 15.9 Å². The van der Waals surface area contributed by atoms with Gasteiger partial charge in [-0.25, -0.2) is 0 Å². The van der Waals surface area contributed by atoms with Gasteiger partial charge in [0.25, 0.3) is 5.91 Å². The molecule has 3 aliphatic heterocycles. The van der Waals surface area contributed by atoms with Crippen LogP contribution in [0.1, 0.15) is 26.7 Å². The van der Waals surface area contributed by atoms with Crippen LogP contribution in [0, 0.1) is 17.8 Å². The SMILES string of the molecule is C=CCOC(=O)[C@H]1[C@H]2C(=O)N([C@@H](CO)[C@@H](C)CC)C(C(=O)N(CC=C)c3ccccc3Cl)C23CC(Br)[C@@H]1O3. The number of anilines is 1. The number of rotatable bonds is 11. The fourth-order valence-electron chi connectivity index (χ4n) is 6.28. The number of likely N-dealkylation sites (tertiary alicyclic amines) is 1. The zero-order chi connectivity index (χ0) is 27.8. The topological polar surface area (TPSA) is 96.4 Å². The van der Waals surface area contributed by atoms with Crippen molar-refractivity contribution in [2.45, 2.75) is 55.3 Å². The van der Waals surface area contributed by atoms with Gasteiger partial charge >= 0.3 is 5.97 Å². The summed E-state index contributed by atoms with van der Waals surface area (Å²) in [6, 6.07) is 5.21. The molecule has 1 aromatic carbocycles. The first-order valence-corrected chi connectivity index (χ1v) is 14.2. The Morgan fingerprint density at radius 3 is 2.68 bits per heavy atom. The van der Waals surface area contributed by atoms with Crippen LogP contribution >= 0.6 is 27.5 Å². The Kier molecular flexibility index (Phi) is 8.71. The first kappa shape index (κ1) is 28.8. The molecule has 38 heavy (non-hydrogen) atoms. The summed E-state index contributed by atoms with van der Waals surface area (Å²) >= 11 is 10.1. The number of amides is 2. The Morgan fingerprint density at radius 2 is 2.08 bits per heavy atom. The molecule has 206 valence electrons. The number of fused-ring (bicyclic) bond motifs is 1. The second-order valence-electron chi connectivity index (χ2n) is 10.2. The average molecular weight is 610 g/mol. The lowest BCUT2D eigenvalue weighted by atomic mass is 9.70. The number of alkyl halides is 1. The summed E-state index contributed by atoms with van der Waals surface area (Å²) < 4.78 is 11.9. The van der Waals surface area contributed by atoms with Crippen molar-refractivity contribution in [2.24, 2.45) is 17.8 Å². The van der Waals surface area contributed by atoms with Gasteiger partial charge in [0, 0.05) is 11.4 Å². The molecule has 1 aromatic rings. The number of aliphatic hydroxyl groups excluding tert-OH is 1. The van der Waals surface area contributed by atoms with E-state index in [2.05, 4.69) is 29.1 Å². The highest BCUT2D eigenvalue weighted by molar-refractivity contribution is 9.09. The van der Waals surface area contributed by atoms with E-state index in [0.29, 0.717) is 23.6 Å². The molecule has 0 saturated carbocycles. The average Bonchev–Trinajstić information content (AvgIpc) is 3.50. The van der Waals surface area contributed by atoms with Gasteiger partial charge in [-0.05, 0) is 24.5 Å². The fraction of sp³-hybridized carbons (Fsp3) is 0.536. The highest BCUT2D eigenvalue weighted by Gasteiger charge is 2.77. The Balaban J connectivity index is 1.87. The molecule has 2 bridgehead atoms. The van der Waals surface area contributed by atoms with Gasteiger partial charge in [0.2, 0.25) is 5.91 Å². The molecule has 10 heteroatoms. The molecule has 8 atom stereocenters. The molecule has 3 fully saturated rings. The number of nitrogens with zero attached hydrogens (tertiary/aromatic N) is 2. The summed E-state index contributed by atoms with van der Waals surface area (Å²) in [5, 5.41) is 10.8. The minimum atomic E-state index is -1.29. The Bertz CT molecular complexity index is 1120. The lowest BCUT2D eigenvalue weighted by molar-refractivity contribution is -0.155. The third kappa shape index (κ3) is 4.51. The number of hydrogen-bond donors (Lipinski definition) is 1. The van der Waals surface area contributed by atoms with Crippen molar-refractivity contribution < 1.29 is 29.0 Å². The van der Waals surface area contributed by atoms with Gasteiger partial charge in [-0.15, -0.1) is 6.58 Å². The molecule has 8 nitrogen and oxygen atoms in total. The summed E-state index contributed by atoms with van der Waals surface area (Å²) in [5.41, 5.74) is -0.813. The monoisotopic (exact) mass is 608 g/mol. The molecule has 3 unspecified atom stereocenters. The van der Waals surface area contributed by atoms with Gasteiger partial charge in [0.05, 0.1) is 41.3 Å². The van der Waals surface area contributed by atoms with Crippen molar-refractivity contribution in [1.29, 1.82) is 0 Å². The number of para-hydroxylation sites is 1. The summed E-state index contributed by atoms with van der Waals surface area (Å²) in [5.74, 6) is -3.30. The van der Waals surface area contributed by atoms with Crippen molar-refractivity contribution in [2.75, 3.05) is 24.7 Å². The highest BCUT2D eigenvalue weighted by Crippen LogP contribution is 2.61. The largest absolute Gasteiger partial charge is 0.461 e. The number of ether oxygens (including phenoxy) is 2. The number of esters is 1. The summed E-state index contributed by atoms with van der Waals surface area (Å²) in [7, 11) is 0. The molecule has 3 heterocycles. The fourth-order valence-corrected chi connectivity index (χ4v) is 7.46. The van der Waals surface area contributed by atoms with Crippen LogP contribution in [-0.2, 0) is 23.9 Å². The van der Waals surface area contributed by atoms with Gasteiger partial charge in [-0.3, -0.25) is 14.4 Å². The van der Waals surface area contributed by atoms with E-state index in [1.54, 1.807) is 30.3 Å². The maximum Gasteiger partial charge on any atom is 0.312 e. The Morgan fingerprint density at radius 1 is 1.37 bits per heavy atom. The van der Waals surface area contributed by atoms with Crippen LogP contribution in [0.3, 0.4) is 0 Å². The van der Waals surface area contributed by atoms with Crippen LogP contribution in [-0.4, -0.2) is 76.2 Å². The third-order valence-electron chi connectivity index (χ3n) is 8.14. The smallest absolute Gasteiger partial charge is 0.312 e. The number of hydrogen-bond acceptors (Lipinski definition) is 6. The predicted molar refractivity (Wildman–Crippen MR) is 148 cm³/mol. The van der Waals surface area contributed by atoms with Crippen molar-refractivity contribution in [3.05, 3.63) is 54.6 Å². The Labute approximate surface area is 236 Å². The Hall–Kier alpha value is -2.20. The van der Waals surface area contributed by atoms with Gasteiger partial charge in [0.1, 0.15) is 18.2 Å². The van der Waals surface area contributed by atoms with Crippen LogP contribution in [0.15, 0.2) is 49.6 Å². The first-order chi connectivity index (χ1) is 18.2. The van der Waals surface area contributed by atoms with E-state index in [9.17, 15) is 19.5 Å². The molecule has 3 aliphatic rings. The van der Waals surface area contributed by atoms with Crippen LogP contribution in [0.25, 0.3) is 0 Å². The summed E-state index contributed by atoms with van der Waals surface area (Å²) in [4.78, 5) is 44.8. The first-order valence-electron chi connectivity index (χ1n) is 12.9. The van der Waals surface area contributed by atoms with Crippen LogP contribution in [0.5, 0.6) is 0 Å². The van der Waals surface area contributed by atoms with Crippen LogP contribution < -0.4 is 4.90 Å². The van der Waals surface area contributed by atoms with Crippen molar-refractivity contribution >= 4 is 51.0 Å². The molecule has 1 spiro atoms. The molecule has 0 aromatic heterocycles. The molecule has 3 saturated heterocycles. The molecular weight excluding hydrogens is 576 g/mol. The maximum atomic E-state index is 14.6. The van der Waals surface area contributed by atoms with Crippen molar-refractivity contribution in [1.82, 2.24) is 4.90 Å². The number of aliphatic hydroxyl groups is 1. The summed E-state index contributed by atoms with van der Waals surface area (Å²) in [6.45, 7) is 11.1. The second-order valence-corrected chi connectivity index (χ2v) is 11.7. The van der Waals surface area contributed by atoms with Gasteiger partial charge in [-0.1, -0.05) is 78.7 Å². The number of carbonyl (C=O) groups is 3. The van der Waals surface area contributed by atoms with E-state index in [-0.39, 0.29) is 36.4 Å². The summed E-state index contributed by atoms with van der Waals surface area (Å²) in [6.07, 6.45) is 3.43. The maximum absolute atomic E-state index is 14.6. The second kappa shape index (κ2) is 11.5. The van der Waals surface area contributed by atoms with E-state index >= 15 is 0 Å². The van der Waals surface area contributed by atoms with E-state index in [4.69, 9.17) is 21.1 Å². The molecule has 0 aliphatic carbocycles. The standard InChI is InChI=1S/C28H34BrClN2O6/c1-5-12-31(19-11-9-8-10-18(19)30)26(35)24-28-14-17(29)23(38-28)21(27(36)37-13-6-2)22(28)25(34)32(24)20(15-33)16(4)7-3/h5-6,8-11,16-17,20-24,33H,1-2,7,12-15H2,3-4H3/t16-,17?,20-,21-,22-,23-,24?,28?/m0/s1. The van der Waals surface area contributed by atoms with E-state index < -0.39 is 47.5 Å². The lowest BCUT2D eigenvalue weighted by Gasteiger charge is -2.41. The lowest BCUT2D eigenvalue weighted by Crippen LogP contribution is -2.60. The van der Waals surface area contributed by atoms with Gasteiger partial charge in [0.15, 0.2) is 0 Å². The normalized spacial score (nSPS) is 31.0. The number of halogens is 2. The van der Waals surface area contributed by atoms with Crippen LogP contribution in [0.2, 0.25) is 5.02 Å². The zero-order valence-electron chi connectivity index (χ0n) is 21.6. The molecule has 1 N–H and O–H groups in total. The quantitative estimate of drug-likeness (QED) is 0.233. The van der Waals surface area contributed by atoms with Gasteiger partial charge in [-0.2, -0.15) is 0 Å². The molecular formula is C28H34BrClN2O6. The zero-order valence-corrected chi connectivity index (χ0v) is 23.9. The van der Waals surface area contributed by atoms with Crippen molar-refractivity contribution in [3.63, 3.8) is 0 Å². The highest BCUT2D eigenvalue weighted by atomic mass is 79.9. The van der Waals surface area contributed by atoms with Crippen LogP contribution in [0.4, 0.5) is 5.69 Å². The van der Waals surface area contributed by atoms with Gasteiger partial charge < -0.3 is 24.4 Å². The van der Waals surface area contributed by atoms with Crippen molar-refractivity contribution in [3.8, 4) is 0 Å². The molecule has 4 rings (SSSR count). The third-order valence-corrected chi connectivity index (χ3v) is 9.31. The minimum Gasteiger partial charge on any atom is -0.461 e. The molecule has 2 amide bonds. The minimum absolute atomic E-state index is 0.000736. The number of carbonyl (C=O) groups excluding carboxylic acids is 3. The number of benzene rings is 1.